The van der Waals surface area contributed by atoms with Gasteiger partial charge in [0.25, 0.3) is 10.2 Å². The van der Waals surface area contributed by atoms with Gasteiger partial charge in [-0.25, -0.2) is 17.9 Å². The predicted octanol–water partition coefficient (Wildman–Crippen LogP) is 0.518. The number of sulfonamides is 1. The molecule has 0 fully saturated rings. The maximum Gasteiger partial charge on any atom is 0.299 e. The van der Waals surface area contributed by atoms with Gasteiger partial charge in [0, 0.05) is 5.54 Å². The molecular formula is C10H16FN3O4S2. The second kappa shape index (κ2) is 5.28. The number of anilines is 1. The summed E-state index contributed by atoms with van der Waals surface area (Å²) >= 11 is 0. The van der Waals surface area contributed by atoms with Gasteiger partial charge >= 0.3 is 0 Å². The summed E-state index contributed by atoms with van der Waals surface area (Å²) in [5.74, 6) is -0.920. The molecule has 114 valence electrons. The Kier molecular flexibility index (Phi) is 4.44. The number of primary sulfonamides is 1. The van der Waals surface area contributed by atoms with Crippen LogP contribution in [0.5, 0.6) is 0 Å². The summed E-state index contributed by atoms with van der Waals surface area (Å²) in [6, 6.07) is 2.57. The topological polar surface area (TPSA) is 118 Å². The first kappa shape index (κ1) is 16.8. The fourth-order valence-electron chi connectivity index (χ4n) is 1.33. The molecule has 0 saturated carbocycles. The molecule has 0 spiro atoms. The van der Waals surface area contributed by atoms with E-state index in [-0.39, 0.29) is 0 Å². The lowest BCUT2D eigenvalue weighted by molar-refractivity contribution is 0.494. The fraction of sp³-hybridized carbons (Fsp3) is 0.400. The van der Waals surface area contributed by atoms with Gasteiger partial charge in [0.1, 0.15) is 5.82 Å². The summed E-state index contributed by atoms with van der Waals surface area (Å²) < 4.78 is 63.5. The van der Waals surface area contributed by atoms with E-state index in [1.165, 1.54) is 0 Å². The van der Waals surface area contributed by atoms with Gasteiger partial charge in [-0.2, -0.15) is 13.1 Å². The Balaban J connectivity index is 3.16. The molecular weight excluding hydrogens is 309 g/mol. The Morgan fingerprint density at radius 2 is 1.70 bits per heavy atom. The van der Waals surface area contributed by atoms with E-state index in [1.807, 2.05) is 4.72 Å². The van der Waals surface area contributed by atoms with E-state index in [4.69, 9.17) is 5.14 Å². The largest absolute Gasteiger partial charge is 0.299 e. The number of rotatable bonds is 4. The van der Waals surface area contributed by atoms with Crippen molar-refractivity contribution in [3.05, 3.63) is 24.0 Å². The van der Waals surface area contributed by atoms with Crippen LogP contribution in [0, 0.1) is 5.82 Å². The van der Waals surface area contributed by atoms with E-state index in [2.05, 4.69) is 4.72 Å². The van der Waals surface area contributed by atoms with Crippen LogP contribution in [0.15, 0.2) is 23.1 Å². The smallest absolute Gasteiger partial charge is 0.268 e. The molecule has 10 heteroatoms. The van der Waals surface area contributed by atoms with Crippen LogP contribution in [0.4, 0.5) is 10.1 Å². The fourth-order valence-corrected chi connectivity index (χ4v) is 3.18. The third kappa shape index (κ3) is 5.04. The van der Waals surface area contributed by atoms with Crippen molar-refractivity contribution < 1.29 is 21.2 Å². The number of halogens is 1. The van der Waals surface area contributed by atoms with E-state index in [0.717, 1.165) is 18.2 Å². The first-order valence-electron chi connectivity index (χ1n) is 5.44. The molecule has 0 atom stereocenters. The number of hydrogen-bond donors (Lipinski definition) is 3. The van der Waals surface area contributed by atoms with Gasteiger partial charge in [-0.15, -0.1) is 0 Å². The summed E-state index contributed by atoms with van der Waals surface area (Å²) in [4.78, 5) is -0.396. The molecule has 7 nitrogen and oxygen atoms in total. The summed E-state index contributed by atoms with van der Waals surface area (Å²) in [5.41, 5.74) is -1.28. The third-order valence-corrected chi connectivity index (χ3v) is 4.23. The average Bonchev–Trinajstić information content (AvgIpc) is 2.15. The summed E-state index contributed by atoms with van der Waals surface area (Å²) in [7, 11) is -8.11. The standard InChI is InChI=1S/C10H16FN3O4S2/c1-10(2,3)14-20(17,18)13-9-6-7(19(12,15)16)4-5-8(9)11/h4-6,13-14H,1-3H3,(H2,12,15,16). The van der Waals surface area contributed by atoms with E-state index in [1.54, 1.807) is 20.8 Å². The Hall–Kier alpha value is -1.23. The van der Waals surface area contributed by atoms with Gasteiger partial charge in [-0.3, -0.25) is 4.72 Å². The van der Waals surface area contributed by atoms with Gasteiger partial charge in [0.15, 0.2) is 0 Å². The molecule has 0 aromatic heterocycles. The van der Waals surface area contributed by atoms with Crippen molar-refractivity contribution in [3.8, 4) is 0 Å². The second-order valence-corrected chi connectivity index (χ2v) is 8.12. The number of nitrogens with one attached hydrogen (secondary N) is 2. The molecule has 20 heavy (non-hydrogen) atoms. The summed E-state index contributed by atoms with van der Waals surface area (Å²) in [5, 5.41) is 4.90. The Labute approximate surface area is 117 Å². The van der Waals surface area contributed by atoms with Crippen LogP contribution in [0.25, 0.3) is 0 Å². The minimum Gasteiger partial charge on any atom is -0.268 e. The molecule has 0 aliphatic heterocycles. The zero-order chi connectivity index (χ0) is 15.8. The molecule has 0 saturated heterocycles. The van der Waals surface area contributed by atoms with E-state index >= 15 is 0 Å². The maximum absolute atomic E-state index is 13.5. The van der Waals surface area contributed by atoms with Gasteiger partial charge < -0.3 is 0 Å². The lowest BCUT2D eigenvalue weighted by Gasteiger charge is -2.21. The Morgan fingerprint density at radius 1 is 1.15 bits per heavy atom. The van der Waals surface area contributed by atoms with Crippen LogP contribution in [0.3, 0.4) is 0 Å². The normalized spacial score (nSPS) is 13.2. The van der Waals surface area contributed by atoms with Gasteiger partial charge in [-0.05, 0) is 39.0 Å². The minimum absolute atomic E-state index is 0.396. The molecule has 4 N–H and O–H groups in total. The van der Waals surface area contributed by atoms with Crippen LogP contribution >= 0.6 is 0 Å². The molecule has 0 radical (unpaired) electrons. The summed E-state index contributed by atoms with van der Waals surface area (Å²) in [6.45, 7) is 4.80. The van der Waals surface area contributed by atoms with Crippen molar-refractivity contribution in [1.82, 2.24) is 4.72 Å². The predicted molar refractivity (Wildman–Crippen MR) is 73.2 cm³/mol. The molecule has 1 aromatic carbocycles. The summed E-state index contributed by atoms with van der Waals surface area (Å²) in [6.07, 6.45) is 0. The molecule has 1 aromatic rings. The van der Waals surface area contributed by atoms with Crippen molar-refractivity contribution >= 4 is 25.9 Å². The minimum atomic E-state index is -4.05. The van der Waals surface area contributed by atoms with Crippen molar-refractivity contribution in [2.45, 2.75) is 31.2 Å². The Bertz CT molecular complexity index is 709. The third-order valence-electron chi connectivity index (χ3n) is 1.95. The Morgan fingerprint density at radius 3 is 2.15 bits per heavy atom. The lowest BCUT2D eigenvalue weighted by Crippen LogP contribution is -2.43. The molecule has 0 aliphatic rings. The highest BCUT2D eigenvalue weighted by molar-refractivity contribution is 7.90. The van der Waals surface area contributed by atoms with Gasteiger partial charge in [-0.1, -0.05) is 0 Å². The highest BCUT2D eigenvalue weighted by atomic mass is 32.2. The van der Waals surface area contributed by atoms with Crippen molar-refractivity contribution in [1.29, 1.82) is 0 Å². The van der Waals surface area contributed by atoms with Crippen LogP contribution < -0.4 is 14.6 Å². The van der Waals surface area contributed by atoms with Gasteiger partial charge in [0.05, 0.1) is 10.6 Å². The number of benzene rings is 1. The first-order chi connectivity index (χ1) is 8.80. The highest BCUT2D eigenvalue weighted by Crippen LogP contribution is 2.20. The lowest BCUT2D eigenvalue weighted by atomic mass is 10.1. The molecule has 0 aliphatic carbocycles. The van der Waals surface area contributed by atoms with Crippen LogP contribution in [-0.2, 0) is 20.2 Å². The van der Waals surface area contributed by atoms with Crippen LogP contribution in [0.2, 0.25) is 0 Å². The zero-order valence-corrected chi connectivity index (χ0v) is 12.8. The zero-order valence-electron chi connectivity index (χ0n) is 11.1. The van der Waals surface area contributed by atoms with Crippen LogP contribution in [-0.4, -0.2) is 22.4 Å². The molecule has 0 unspecified atom stereocenters. The van der Waals surface area contributed by atoms with E-state index in [0.29, 0.717) is 0 Å². The van der Waals surface area contributed by atoms with Gasteiger partial charge in [0.2, 0.25) is 10.0 Å². The number of hydrogen-bond acceptors (Lipinski definition) is 4. The van der Waals surface area contributed by atoms with E-state index < -0.39 is 42.2 Å². The molecule has 0 heterocycles. The number of nitrogens with two attached hydrogens (primary N) is 1. The first-order valence-corrected chi connectivity index (χ1v) is 8.47. The molecule has 0 amide bonds. The SMILES string of the molecule is CC(C)(C)NS(=O)(=O)Nc1cc(S(N)(=O)=O)ccc1F. The average molecular weight is 325 g/mol. The second-order valence-electron chi connectivity index (χ2n) is 5.14. The molecule has 1 rings (SSSR count). The monoisotopic (exact) mass is 325 g/mol. The highest BCUT2D eigenvalue weighted by Gasteiger charge is 2.21. The van der Waals surface area contributed by atoms with Crippen molar-refractivity contribution in [2.75, 3.05) is 4.72 Å². The van der Waals surface area contributed by atoms with E-state index in [9.17, 15) is 21.2 Å². The maximum atomic E-state index is 13.5. The van der Waals surface area contributed by atoms with Crippen LogP contribution in [0.1, 0.15) is 20.8 Å². The van der Waals surface area contributed by atoms with Crippen molar-refractivity contribution in [2.24, 2.45) is 5.14 Å². The quantitative estimate of drug-likeness (QED) is 0.747. The van der Waals surface area contributed by atoms with Crippen molar-refractivity contribution in [3.63, 3.8) is 0 Å². The molecule has 0 bridgehead atoms.